The molecule has 1 aromatic rings. The van der Waals surface area contributed by atoms with E-state index in [0.717, 1.165) is 12.8 Å². The number of carbonyl (C=O) groups is 1. The number of halogens is 1. The van der Waals surface area contributed by atoms with Gasteiger partial charge in [0.15, 0.2) is 0 Å². The highest BCUT2D eigenvalue weighted by atomic mass is 79.9. The molecule has 0 aliphatic rings. The van der Waals surface area contributed by atoms with Crippen molar-refractivity contribution in [1.82, 2.24) is 4.90 Å². The fourth-order valence-corrected chi connectivity index (χ4v) is 2.40. The molecule has 0 radical (unpaired) electrons. The van der Waals surface area contributed by atoms with Crippen LogP contribution in [0.4, 0.5) is 5.69 Å². The van der Waals surface area contributed by atoms with Crippen molar-refractivity contribution in [2.24, 2.45) is 0 Å². The number of hydrogen-bond donors (Lipinski definition) is 0. The van der Waals surface area contributed by atoms with Crippen molar-refractivity contribution in [1.29, 1.82) is 0 Å². The summed E-state index contributed by atoms with van der Waals surface area (Å²) in [5.41, 5.74) is 0.244. The van der Waals surface area contributed by atoms with E-state index in [4.69, 9.17) is 0 Å². The van der Waals surface area contributed by atoms with Crippen LogP contribution in [0, 0.1) is 10.1 Å². The molecule has 1 rings (SSSR count). The van der Waals surface area contributed by atoms with Crippen molar-refractivity contribution >= 4 is 27.5 Å². The Bertz CT molecular complexity index is 487. The Morgan fingerprint density at radius 3 is 2.47 bits per heavy atom. The first-order valence-electron chi connectivity index (χ1n) is 6.13. The van der Waals surface area contributed by atoms with E-state index in [2.05, 4.69) is 15.9 Å². The minimum atomic E-state index is -0.500. The molecule has 0 unspecified atom stereocenters. The lowest BCUT2D eigenvalue weighted by molar-refractivity contribution is -0.384. The summed E-state index contributed by atoms with van der Waals surface area (Å²) in [5.74, 6) is -0.204. The molecule has 0 fully saturated rings. The third-order valence-electron chi connectivity index (χ3n) is 3.20. The van der Waals surface area contributed by atoms with Gasteiger partial charge >= 0.3 is 0 Å². The molecule has 0 bridgehead atoms. The predicted molar refractivity (Wildman–Crippen MR) is 77.3 cm³/mol. The normalized spacial score (nSPS) is 10.6. The van der Waals surface area contributed by atoms with Gasteiger partial charge in [-0.05, 0) is 34.8 Å². The molecule has 0 heterocycles. The van der Waals surface area contributed by atoms with Crippen LogP contribution in [0.3, 0.4) is 0 Å². The molecule has 1 amide bonds. The Kier molecular flexibility index (Phi) is 5.47. The summed E-state index contributed by atoms with van der Waals surface area (Å²) >= 11 is 3.27. The van der Waals surface area contributed by atoms with Crippen molar-refractivity contribution in [2.75, 3.05) is 7.05 Å². The second-order valence-corrected chi connectivity index (χ2v) is 5.16. The van der Waals surface area contributed by atoms with E-state index < -0.39 is 4.92 Å². The summed E-state index contributed by atoms with van der Waals surface area (Å²) in [6, 6.07) is 4.36. The van der Waals surface area contributed by atoms with Crippen LogP contribution >= 0.6 is 15.9 Å². The minimum Gasteiger partial charge on any atom is -0.339 e. The number of carbonyl (C=O) groups excluding carboxylic acids is 1. The lowest BCUT2D eigenvalue weighted by Gasteiger charge is -2.26. The Morgan fingerprint density at radius 2 is 2.00 bits per heavy atom. The number of rotatable bonds is 5. The van der Waals surface area contributed by atoms with E-state index in [1.807, 2.05) is 13.8 Å². The van der Waals surface area contributed by atoms with Gasteiger partial charge in [0.05, 0.1) is 10.5 Å². The molecule has 0 atom stereocenters. The first-order valence-corrected chi connectivity index (χ1v) is 6.92. The first kappa shape index (κ1) is 15.6. The van der Waals surface area contributed by atoms with Gasteiger partial charge in [-0.25, -0.2) is 0 Å². The largest absolute Gasteiger partial charge is 0.339 e. The van der Waals surface area contributed by atoms with Gasteiger partial charge in [0.25, 0.3) is 11.6 Å². The Labute approximate surface area is 120 Å². The Morgan fingerprint density at radius 1 is 1.42 bits per heavy atom. The first-order chi connectivity index (χ1) is 8.92. The average molecular weight is 329 g/mol. The van der Waals surface area contributed by atoms with Gasteiger partial charge < -0.3 is 4.90 Å². The van der Waals surface area contributed by atoms with Crippen LogP contribution in [0.5, 0.6) is 0 Å². The van der Waals surface area contributed by atoms with E-state index in [1.165, 1.54) is 18.2 Å². The average Bonchev–Trinajstić information content (AvgIpc) is 2.39. The van der Waals surface area contributed by atoms with Crippen molar-refractivity contribution in [3.63, 3.8) is 0 Å². The summed E-state index contributed by atoms with van der Waals surface area (Å²) in [6.07, 6.45) is 1.70. The van der Waals surface area contributed by atoms with Gasteiger partial charge in [0.1, 0.15) is 0 Å². The number of hydrogen-bond acceptors (Lipinski definition) is 3. The van der Waals surface area contributed by atoms with Gasteiger partial charge in [-0.15, -0.1) is 0 Å². The molecule has 19 heavy (non-hydrogen) atoms. The summed E-state index contributed by atoms with van der Waals surface area (Å²) in [5, 5.41) is 10.8. The number of benzene rings is 1. The highest BCUT2D eigenvalue weighted by Gasteiger charge is 2.22. The molecular weight excluding hydrogens is 312 g/mol. The smallest absolute Gasteiger partial charge is 0.270 e. The SMILES string of the molecule is CCC(CC)N(C)C(=O)c1cc([N+](=O)[O-])ccc1Br. The van der Waals surface area contributed by atoms with Gasteiger partial charge in [-0.3, -0.25) is 14.9 Å². The van der Waals surface area contributed by atoms with Gasteiger partial charge in [-0.2, -0.15) is 0 Å². The topological polar surface area (TPSA) is 63.5 Å². The van der Waals surface area contributed by atoms with E-state index in [1.54, 1.807) is 11.9 Å². The standard InChI is InChI=1S/C13H17BrN2O3/c1-4-9(5-2)15(3)13(17)11-8-10(16(18)19)6-7-12(11)14/h6-9H,4-5H2,1-3H3. The van der Waals surface area contributed by atoms with Gasteiger partial charge in [-0.1, -0.05) is 13.8 Å². The molecule has 0 aliphatic carbocycles. The van der Waals surface area contributed by atoms with Crippen LogP contribution in [0.15, 0.2) is 22.7 Å². The zero-order valence-electron chi connectivity index (χ0n) is 11.2. The molecule has 0 saturated heterocycles. The molecule has 1 aromatic carbocycles. The molecule has 6 heteroatoms. The van der Waals surface area contributed by atoms with Crippen molar-refractivity contribution < 1.29 is 9.72 Å². The fourth-order valence-electron chi connectivity index (χ4n) is 1.98. The fraction of sp³-hybridized carbons (Fsp3) is 0.462. The van der Waals surface area contributed by atoms with Crippen molar-refractivity contribution in [3.8, 4) is 0 Å². The second-order valence-electron chi connectivity index (χ2n) is 4.31. The molecule has 104 valence electrons. The highest BCUT2D eigenvalue weighted by Crippen LogP contribution is 2.24. The number of nitro benzene ring substituents is 1. The number of non-ortho nitro benzene ring substituents is 1. The summed E-state index contributed by atoms with van der Waals surface area (Å²) in [7, 11) is 1.73. The van der Waals surface area contributed by atoms with E-state index >= 15 is 0 Å². The summed E-state index contributed by atoms with van der Waals surface area (Å²) in [4.78, 5) is 24.3. The highest BCUT2D eigenvalue weighted by molar-refractivity contribution is 9.10. The third kappa shape index (κ3) is 3.53. The molecule has 0 aromatic heterocycles. The molecular formula is C13H17BrN2O3. The van der Waals surface area contributed by atoms with Crippen LogP contribution in [-0.4, -0.2) is 28.8 Å². The van der Waals surface area contributed by atoms with E-state index in [-0.39, 0.29) is 17.6 Å². The van der Waals surface area contributed by atoms with Crippen molar-refractivity contribution in [2.45, 2.75) is 32.7 Å². The van der Waals surface area contributed by atoms with Crippen LogP contribution in [0.25, 0.3) is 0 Å². The molecule has 0 saturated carbocycles. The molecule has 0 aliphatic heterocycles. The van der Waals surface area contributed by atoms with Crippen molar-refractivity contribution in [3.05, 3.63) is 38.3 Å². The monoisotopic (exact) mass is 328 g/mol. The van der Waals surface area contributed by atoms with E-state index in [0.29, 0.717) is 10.0 Å². The van der Waals surface area contributed by atoms with Crippen LogP contribution in [0.2, 0.25) is 0 Å². The Hall–Kier alpha value is -1.43. The van der Waals surface area contributed by atoms with Crippen LogP contribution in [-0.2, 0) is 0 Å². The maximum Gasteiger partial charge on any atom is 0.270 e. The zero-order valence-corrected chi connectivity index (χ0v) is 12.8. The molecule has 5 nitrogen and oxygen atoms in total. The maximum absolute atomic E-state index is 12.4. The lowest BCUT2D eigenvalue weighted by Crippen LogP contribution is -2.36. The molecule has 0 N–H and O–H groups in total. The summed E-state index contributed by atoms with van der Waals surface area (Å²) in [6.45, 7) is 4.03. The number of nitro groups is 1. The number of nitrogens with zero attached hydrogens (tertiary/aromatic N) is 2. The third-order valence-corrected chi connectivity index (χ3v) is 3.89. The number of amides is 1. The lowest BCUT2D eigenvalue weighted by atomic mass is 10.1. The maximum atomic E-state index is 12.4. The van der Waals surface area contributed by atoms with Crippen LogP contribution in [0.1, 0.15) is 37.0 Å². The predicted octanol–water partition coefficient (Wildman–Crippen LogP) is 3.62. The van der Waals surface area contributed by atoms with Crippen LogP contribution < -0.4 is 0 Å². The molecule has 0 spiro atoms. The minimum absolute atomic E-state index is 0.0792. The van der Waals surface area contributed by atoms with Gasteiger partial charge in [0, 0.05) is 29.7 Å². The second kappa shape index (κ2) is 6.65. The van der Waals surface area contributed by atoms with E-state index in [9.17, 15) is 14.9 Å². The zero-order chi connectivity index (χ0) is 14.6. The van der Waals surface area contributed by atoms with Gasteiger partial charge in [0.2, 0.25) is 0 Å². The Balaban J connectivity index is 3.11. The quantitative estimate of drug-likeness (QED) is 0.612. The summed E-state index contributed by atoms with van der Waals surface area (Å²) < 4.78 is 0.570.